The normalized spacial score (nSPS) is 22.2. The summed E-state index contributed by atoms with van der Waals surface area (Å²) in [6, 6.07) is 5.66. The van der Waals surface area contributed by atoms with E-state index in [4.69, 9.17) is 0 Å². The molecule has 2 amide bonds. The van der Waals surface area contributed by atoms with Crippen LogP contribution in [0.4, 0.5) is 4.79 Å². The molecule has 0 radical (unpaired) electrons. The molecule has 1 atom stereocenters. The molecule has 7 nitrogen and oxygen atoms in total. The maximum Gasteiger partial charge on any atom is 0.329 e. The van der Waals surface area contributed by atoms with Crippen LogP contribution in [0, 0.1) is 13.8 Å². The molecular formula is C17H24N4O3S. The van der Waals surface area contributed by atoms with Crippen LogP contribution >= 0.6 is 0 Å². The highest BCUT2D eigenvalue weighted by Crippen LogP contribution is 2.23. The van der Waals surface area contributed by atoms with Crippen molar-refractivity contribution < 1.29 is 13.2 Å². The number of carbonyl (C=O) groups is 1. The first-order chi connectivity index (χ1) is 11.7. The lowest BCUT2D eigenvalue weighted by molar-refractivity contribution is 0.227. The number of hydrogen-bond donors (Lipinski definition) is 4. The van der Waals surface area contributed by atoms with Gasteiger partial charge in [-0.3, -0.25) is 5.43 Å². The van der Waals surface area contributed by atoms with E-state index in [1.807, 2.05) is 19.1 Å². The Balaban J connectivity index is 1.55. The second-order valence-electron chi connectivity index (χ2n) is 7.09. The van der Waals surface area contributed by atoms with E-state index in [1.165, 1.54) is 5.56 Å². The SMILES string of the molecule is Cc1[nH]c2ccc(CNC(=O)NN[C@@]3(C)CCS(=O)(=O)C3)cc2c1C. The van der Waals surface area contributed by atoms with Crippen molar-refractivity contribution in [1.82, 2.24) is 21.2 Å². The maximum absolute atomic E-state index is 12.0. The van der Waals surface area contributed by atoms with Gasteiger partial charge in [0.25, 0.3) is 0 Å². The summed E-state index contributed by atoms with van der Waals surface area (Å²) in [6.07, 6.45) is 0.485. The van der Waals surface area contributed by atoms with E-state index in [9.17, 15) is 13.2 Å². The Kier molecular flexibility index (Phi) is 4.51. The summed E-state index contributed by atoms with van der Waals surface area (Å²) >= 11 is 0. The predicted octanol–water partition coefficient (Wildman–Crippen LogP) is 1.67. The summed E-state index contributed by atoms with van der Waals surface area (Å²) in [5, 5.41) is 3.93. The van der Waals surface area contributed by atoms with E-state index in [0.29, 0.717) is 13.0 Å². The second-order valence-corrected chi connectivity index (χ2v) is 9.27. The van der Waals surface area contributed by atoms with Gasteiger partial charge in [-0.05, 0) is 50.5 Å². The molecule has 25 heavy (non-hydrogen) atoms. The molecule has 2 heterocycles. The number of H-pyrrole nitrogens is 1. The summed E-state index contributed by atoms with van der Waals surface area (Å²) in [6.45, 7) is 6.29. The summed E-state index contributed by atoms with van der Waals surface area (Å²) in [5.74, 6) is 0.179. The predicted molar refractivity (Wildman–Crippen MR) is 98.0 cm³/mol. The zero-order valence-electron chi connectivity index (χ0n) is 14.7. The van der Waals surface area contributed by atoms with Gasteiger partial charge in [0.15, 0.2) is 9.84 Å². The van der Waals surface area contributed by atoms with Crippen molar-refractivity contribution in [2.45, 2.75) is 39.3 Å². The van der Waals surface area contributed by atoms with Crippen molar-refractivity contribution in [3.63, 3.8) is 0 Å². The Morgan fingerprint density at radius 2 is 2.08 bits per heavy atom. The largest absolute Gasteiger partial charge is 0.358 e. The third-order valence-corrected chi connectivity index (χ3v) is 6.71. The van der Waals surface area contributed by atoms with Crippen molar-refractivity contribution in [3.8, 4) is 0 Å². The van der Waals surface area contributed by atoms with Crippen molar-refractivity contribution >= 4 is 26.8 Å². The highest BCUT2D eigenvalue weighted by atomic mass is 32.2. The van der Waals surface area contributed by atoms with Gasteiger partial charge in [0, 0.05) is 28.7 Å². The number of amides is 2. The fourth-order valence-electron chi connectivity index (χ4n) is 3.16. The number of hydrogen-bond acceptors (Lipinski definition) is 4. The number of aryl methyl sites for hydroxylation is 2. The maximum atomic E-state index is 12.0. The standard InChI is InChI=1S/C17H24N4O3S/c1-11-12(2)19-15-5-4-13(8-14(11)15)9-18-16(22)20-21-17(3)6-7-25(23,24)10-17/h4-5,8,19,21H,6-7,9-10H2,1-3H3,(H2,18,20,22)/t17-/m0/s1. The Hall–Kier alpha value is -2.06. The first kappa shape index (κ1) is 17.8. The Labute approximate surface area is 147 Å². The number of benzene rings is 1. The van der Waals surface area contributed by atoms with Gasteiger partial charge in [-0.2, -0.15) is 0 Å². The average molecular weight is 364 g/mol. The molecule has 4 N–H and O–H groups in total. The number of nitrogens with one attached hydrogen (secondary N) is 4. The molecule has 3 rings (SSSR count). The quantitative estimate of drug-likeness (QED) is 0.620. The molecule has 2 aromatic rings. The zero-order chi connectivity index (χ0) is 18.2. The molecule has 0 spiro atoms. The Bertz CT molecular complexity index is 919. The summed E-state index contributed by atoms with van der Waals surface area (Å²) in [4.78, 5) is 15.3. The van der Waals surface area contributed by atoms with Gasteiger partial charge in [-0.15, -0.1) is 0 Å². The zero-order valence-corrected chi connectivity index (χ0v) is 15.5. The molecule has 0 unspecified atom stereocenters. The fourth-order valence-corrected chi connectivity index (χ4v) is 5.25. The number of sulfone groups is 1. The number of aromatic amines is 1. The van der Waals surface area contributed by atoms with Crippen LogP contribution in [0.1, 0.15) is 30.2 Å². The Morgan fingerprint density at radius 3 is 2.76 bits per heavy atom. The monoisotopic (exact) mass is 364 g/mol. The number of rotatable bonds is 4. The first-order valence-corrected chi connectivity index (χ1v) is 10.1. The van der Waals surface area contributed by atoms with Crippen molar-refractivity contribution in [3.05, 3.63) is 35.0 Å². The second kappa shape index (κ2) is 6.34. The summed E-state index contributed by atoms with van der Waals surface area (Å²) in [7, 11) is -3.02. The minimum atomic E-state index is -3.02. The van der Waals surface area contributed by atoms with Crippen LogP contribution in [0.5, 0.6) is 0 Å². The molecule has 1 aromatic carbocycles. The van der Waals surface area contributed by atoms with Crippen LogP contribution < -0.4 is 16.2 Å². The molecule has 0 saturated carbocycles. The third kappa shape index (κ3) is 3.96. The van der Waals surface area contributed by atoms with Gasteiger partial charge in [0.1, 0.15) is 0 Å². The van der Waals surface area contributed by atoms with Crippen LogP contribution in [-0.4, -0.2) is 36.5 Å². The van der Waals surface area contributed by atoms with E-state index >= 15 is 0 Å². The molecule has 1 aliphatic heterocycles. The van der Waals surface area contributed by atoms with E-state index in [2.05, 4.69) is 34.1 Å². The van der Waals surface area contributed by atoms with Gasteiger partial charge in [-0.1, -0.05) is 6.07 Å². The van der Waals surface area contributed by atoms with Gasteiger partial charge >= 0.3 is 6.03 Å². The average Bonchev–Trinajstić information content (AvgIpc) is 3.00. The highest BCUT2D eigenvalue weighted by Gasteiger charge is 2.38. The molecule has 1 saturated heterocycles. The fraction of sp³-hybridized carbons (Fsp3) is 0.471. The van der Waals surface area contributed by atoms with Crippen LogP contribution in [0.25, 0.3) is 10.9 Å². The van der Waals surface area contributed by atoms with Crippen LogP contribution in [0.15, 0.2) is 18.2 Å². The topological polar surface area (TPSA) is 103 Å². The van der Waals surface area contributed by atoms with Crippen molar-refractivity contribution in [2.24, 2.45) is 0 Å². The first-order valence-electron chi connectivity index (χ1n) is 8.27. The van der Waals surface area contributed by atoms with E-state index < -0.39 is 15.4 Å². The Morgan fingerprint density at radius 1 is 1.32 bits per heavy atom. The minimum absolute atomic E-state index is 0.0308. The third-order valence-electron chi connectivity index (χ3n) is 4.81. The van der Waals surface area contributed by atoms with Crippen LogP contribution in [-0.2, 0) is 16.4 Å². The van der Waals surface area contributed by atoms with Gasteiger partial charge in [0.2, 0.25) is 0 Å². The summed E-state index contributed by atoms with van der Waals surface area (Å²) < 4.78 is 23.1. The molecule has 136 valence electrons. The van der Waals surface area contributed by atoms with E-state index in [1.54, 1.807) is 6.92 Å². The molecule has 1 fully saturated rings. The van der Waals surface area contributed by atoms with Crippen molar-refractivity contribution in [2.75, 3.05) is 11.5 Å². The lowest BCUT2D eigenvalue weighted by Gasteiger charge is -2.24. The van der Waals surface area contributed by atoms with Crippen LogP contribution in [0.3, 0.4) is 0 Å². The van der Waals surface area contributed by atoms with Gasteiger partial charge < -0.3 is 10.3 Å². The van der Waals surface area contributed by atoms with Crippen molar-refractivity contribution in [1.29, 1.82) is 0 Å². The van der Waals surface area contributed by atoms with E-state index in [-0.39, 0.29) is 17.5 Å². The lowest BCUT2D eigenvalue weighted by atomic mass is 10.0. The molecule has 8 heteroatoms. The number of carbonyl (C=O) groups excluding carboxylic acids is 1. The van der Waals surface area contributed by atoms with Gasteiger partial charge in [0.05, 0.1) is 11.5 Å². The van der Waals surface area contributed by atoms with Gasteiger partial charge in [-0.25, -0.2) is 18.6 Å². The molecule has 0 aliphatic carbocycles. The summed E-state index contributed by atoms with van der Waals surface area (Å²) in [5.41, 5.74) is 9.21. The number of hydrazine groups is 1. The lowest BCUT2D eigenvalue weighted by Crippen LogP contribution is -2.55. The number of urea groups is 1. The number of aromatic nitrogens is 1. The number of fused-ring (bicyclic) bond motifs is 1. The smallest absolute Gasteiger partial charge is 0.329 e. The molecule has 0 bridgehead atoms. The van der Waals surface area contributed by atoms with E-state index in [0.717, 1.165) is 22.2 Å². The highest BCUT2D eigenvalue weighted by molar-refractivity contribution is 7.91. The molecule has 1 aliphatic rings. The molecular weight excluding hydrogens is 340 g/mol. The van der Waals surface area contributed by atoms with Crippen LogP contribution in [0.2, 0.25) is 0 Å². The molecule has 1 aromatic heterocycles. The minimum Gasteiger partial charge on any atom is -0.358 e.